The predicted octanol–water partition coefficient (Wildman–Crippen LogP) is 4.44. The van der Waals surface area contributed by atoms with E-state index in [1.54, 1.807) is 0 Å². The summed E-state index contributed by atoms with van der Waals surface area (Å²) < 4.78 is 55.6. The number of benzene rings is 1. The van der Waals surface area contributed by atoms with Crippen LogP contribution in [0, 0.1) is 0 Å². The van der Waals surface area contributed by atoms with Crippen LogP contribution in [-0.2, 0) is 26.8 Å². The van der Waals surface area contributed by atoms with Crippen molar-refractivity contribution in [1.29, 1.82) is 0 Å². The zero-order valence-electron chi connectivity index (χ0n) is 18.8. The summed E-state index contributed by atoms with van der Waals surface area (Å²) >= 11 is 0. The lowest BCUT2D eigenvalue weighted by atomic mass is 9.77. The van der Waals surface area contributed by atoms with Crippen molar-refractivity contribution in [3.05, 3.63) is 65.1 Å². The van der Waals surface area contributed by atoms with Crippen molar-refractivity contribution >= 4 is 19.3 Å². The largest absolute Gasteiger partial charge is 0.492 e. The first-order valence-electron chi connectivity index (χ1n) is 10.3. The molecule has 2 aromatic rings. The molecule has 0 bridgehead atoms. The van der Waals surface area contributed by atoms with Crippen molar-refractivity contribution in [3.8, 4) is 0 Å². The molecule has 1 aliphatic rings. The van der Waals surface area contributed by atoms with Gasteiger partial charge in [0.2, 0.25) is 5.82 Å². The summed E-state index contributed by atoms with van der Waals surface area (Å²) in [7, 11) is -0.841. The van der Waals surface area contributed by atoms with Crippen LogP contribution >= 0.6 is 0 Å². The zero-order valence-corrected chi connectivity index (χ0v) is 18.8. The molecule has 11 heteroatoms. The quantitative estimate of drug-likeness (QED) is 0.639. The van der Waals surface area contributed by atoms with Gasteiger partial charge < -0.3 is 19.4 Å². The fourth-order valence-corrected chi connectivity index (χ4v) is 2.92. The van der Waals surface area contributed by atoms with E-state index in [-0.39, 0.29) is 13.2 Å². The third-order valence-electron chi connectivity index (χ3n) is 5.48. The maximum Gasteiger partial charge on any atom is 0.492 e. The van der Waals surface area contributed by atoms with Crippen LogP contribution in [0.25, 0.3) is 6.08 Å². The Balaban J connectivity index is 1.74. The number of nitrogens with zero attached hydrogens (tertiary/aromatic N) is 2. The van der Waals surface area contributed by atoms with Gasteiger partial charge in [-0.25, -0.2) is 14.8 Å². The van der Waals surface area contributed by atoms with Crippen molar-refractivity contribution in [2.75, 3.05) is 6.54 Å². The minimum Gasteiger partial charge on any atom is -0.445 e. The maximum absolute atomic E-state index is 12.8. The first-order chi connectivity index (χ1) is 15.4. The first-order valence-corrected chi connectivity index (χ1v) is 10.3. The molecule has 3 rings (SSSR count). The molecule has 1 fully saturated rings. The van der Waals surface area contributed by atoms with E-state index in [4.69, 9.17) is 14.0 Å². The molecule has 2 heterocycles. The van der Waals surface area contributed by atoms with Gasteiger partial charge in [-0.3, -0.25) is 0 Å². The van der Waals surface area contributed by atoms with E-state index in [0.717, 1.165) is 18.0 Å². The van der Waals surface area contributed by atoms with E-state index in [1.165, 1.54) is 6.08 Å². The van der Waals surface area contributed by atoms with Crippen molar-refractivity contribution in [3.63, 3.8) is 0 Å². The van der Waals surface area contributed by atoms with Gasteiger partial charge in [0.25, 0.3) is 0 Å². The molecule has 0 aliphatic carbocycles. The van der Waals surface area contributed by atoms with Gasteiger partial charge in [-0.2, -0.15) is 13.2 Å². The number of nitrogens with one attached hydrogen (secondary N) is 1. The van der Waals surface area contributed by atoms with Gasteiger partial charge in [-0.15, -0.1) is 0 Å². The minimum atomic E-state index is -4.64. The van der Waals surface area contributed by atoms with Crippen LogP contribution in [0.1, 0.15) is 44.6 Å². The lowest BCUT2D eigenvalue weighted by Crippen LogP contribution is -2.41. The highest BCUT2D eigenvalue weighted by Gasteiger charge is 2.52. The highest BCUT2D eigenvalue weighted by atomic mass is 19.4. The summed E-state index contributed by atoms with van der Waals surface area (Å²) in [6.07, 6.45) is -1.67. The lowest BCUT2D eigenvalue weighted by Gasteiger charge is -2.32. The van der Waals surface area contributed by atoms with E-state index in [1.807, 2.05) is 58.0 Å². The Kier molecular flexibility index (Phi) is 7.13. The Bertz CT molecular complexity index is 980. The Labute approximate surface area is 190 Å². The van der Waals surface area contributed by atoms with Gasteiger partial charge in [0.15, 0.2) is 0 Å². The number of rotatable bonds is 6. The summed E-state index contributed by atoms with van der Waals surface area (Å²) in [5.41, 5.74) is 0.291. The number of ether oxygens (including phenoxy) is 1. The van der Waals surface area contributed by atoms with Crippen LogP contribution in [-0.4, -0.2) is 40.9 Å². The topological polar surface area (TPSA) is 82.6 Å². The molecular formula is C22H25BF3N3O4. The lowest BCUT2D eigenvalue weighted by molar-refractivity contribution is -0.145. The number of alkyl halides is 3. The second-order valence-corrected chi connectivity index (χ2v) is 8.56. The van der Waals surface area contributed by atoms with Crippen molar-refractivity contribution in [1.82, 2.24) is 15.3 Å². The molecule has 1 N–H and O–H groups in total. The fourth-order valence-electron chi connectivity index (χ4n) is 2.92. The van der Waals surface area contributed by atoms with E-state index in [0.29, 0.717) is 11.0 Å². The van der Waals surface area contributed by atoms with Crippen LogP contribution in [0.2, 0.25) is 0 Å². The van der Waals surface area contributed by atoms with Gasteiger partial charge in [0.05, 0.1) is 11.2 Å². The van der Waals surface area contributed by atoms with E-state index in [9.17, 15) is 18.0 Å². The Morgan fingerprint density at radius 1 is 1.09 bits per heavy atom. The van der Waals surface area contributed by atoms with E-state index < -0.39 is 36.4 Å². The third-order valence-corrected chi connectivity index (χ3v) is 5.48. The van der Waals surface area contributed by atoms with Gasteiger partial charge in [0, 0.05) is 24.5 Å². The number of aromatic nitrogens is 2. The van der Waals surface area contributed by atoms with Gasteiger partial charge in [-0.1, -0.05) is 36.4 Å². The molecule has 0 spiro atoms. The fraction of sp³-hybridized carbons (Fsp3) is 0.409. The summed E-state index contributed by atoms with van der Waals surface area (Å²) in [6, 6.07) is 9.18. The van der Waals surface area contributed by atoms with Crippen molar-refractivity contribution in [2.45, 2.75) is 51.7 Å². The number of halogens is 3. The second-order valence-electron chi connectivity index (χ2n) is 8.56. The molecular weight excluding hydrogens is 438 g/mol. The first kappa shape index (κ1) is 24.7. The summed E-state index contributed by atoms with van der Waals surface area (Å²) in [5.74, 6) is -1.24. The van der Waals surface area contributed by atoms with E-state index in [2.05, 4.69) is 15.3 Å². The molecule has 7 nitrogen and oxygen atoms in total. The molecule has 176 valence electrons. The van der Waals surface area contributed by atoms with Crippen molar-refractivity contribution < 1.29 is 32.0 Å². The second kappa shape index (κ2) is 9.52. The van der Waals surface area contributed by atoms with Crippen LogP contribution in [0.4, 0.5) is 18.0 Å². The number of carbonyl (C=O) groups excluding carboxylic acids is 1. The Morgan fingerprint density at radius 3 is 2.21 bits per heavy atom. The van der Waals surface area contributed by atoms with Crippen LogP contribution < -0.4 is 5.32 Å². The van der Waals surface area contributed by atoms with Crippen LogP contribution in [0.5, 0.6) is 0 Å². The molecule has 1 aromatic carbocycles. The molecule has 0 atom stereocenters. The molecule has 1 aliphatic heterocycles. The number of hydrogen-bond donors (Lipinski definition) is 1. The average molecular weight is 463 g/mol. The third kappa shape index (κ3) is 6.32. The highest BCUT2D eigenvalue weighted by molar-refractivity contribution is 6.56. The number of alkyl carbamates (subject to hydrolysis) is 1. The minimum absolute atomic E-state index is 0.0223. The summed E-state index contributed by atoms with van der Waals surface area (Å²) in [4.78, 5) is 18.9. The monoisotopic (exact) mass is 463 g/mol. The van der Waals surface area contributed by atoms with Gasteiger partial charge >= 0.3 is 19.4 Å². The Hall–Kier alpha value is -2.92. The SMILES string of the molecule is CC1(C)OB(C(=Cc2cnc(C(F)(F)F)nc2)CNC(=O)OCc2ccccc2)OC1(C)C. The Morgan fingerprint density at radius 2 is 1.67 bits per heavy atom. The summed E-state index contributed by atoms with van der Waals surface area (Å²) in [6.45, 7) is 7.54. The molecule has 1 saturated heterocycles. The standard InChI is InChI=1S/C22H25BF3N3O4/c1-20(2)21(3,4)33-23(32-20)17(10-16-11-27-18(28-12-16)22(24,25)26)13-29-19(30)31-14-15-8-6-5-7-9-15/h5-12H,13-14H2,1-4H3,(H,29,30). The summed E-state index contributed by atoms with van der Waals surface area (Å²) in [5, 5.41) is 2.63. The zero-order chi connectivity index (χ0) is 24.3. The van der Waals surface area contributed by atoms with Crippen molar-refractivity contribution in [2.24, 2.45) is 0 Å². The average Bonchev–Trinajstić information content (AvgIpc) is 2.97. The number of carbonyl (C=O) groups is 1. The maximum atomic E-state index is 12.8. The molecule has 1 aromatic heterocycles. The molecule has 0 saturated carbocycles. The molecule has 0 radical (unpaired) electrons. The number of hydrogen-bond acceptors (Lipinski definition) is 6. The molecule has 1 amide bonds. The van der Waals surface area contributed by atoms with E-state index >= 15 is 0 Å². The highest BCUT2D eigenvalue weighted by Crippen LogP contribution is 2.38. The smallest absolute Gasteiger partial charge is 0.445 e. The molecule has 33 heavy (non-hydrogen) atoms. The van der Waals surface area contributed by atoms with Gasteiger partial charge in [-0.05, 0) is 38.7 Å². The van der Waals surface area contributed by atoms with Crippen LogP contribution in [0.3, 0.4) is 0 Å². The number of amides is 1. The normalized spacial score (nSPS) is 17.7. The molecule has 0 unspecified atom stereocenters. The van der Waals surface area contributed by atoms with Gasteiger partial charge in [0.1, 0.15) is 6.61 Å². The predicted molar refractivity (Wildman–Crippen MR) is 116 cm³/mol. The van der Waals surface area contributed by atoms with Crippen LogP contribution in [0.15, 0.2) is 48.2 Å².